The second kappa shape index (κ2) is 5.87. The minimum atomic E-state index is -0.207. The van der Waals surface area contributed by atoms with Crippen LogP contribution in [-0.2, 0) is 13.1 Å². The van der Waals surface area contributed by atoms with E-state index in [1.165, 1.54) is 12.1 Å². The van der Waals surface area contributed by atoms with Gasteiger partial charge in [0.15, 0.2) is 0 Å². The summed E-state index contributed by atoms with van der Waals surface area (Å²) in [7, 11) is 0. The maximum atomic E-state index is 12.8. The maximum absolute atomic E-state index is 12.8. The molecule has 2 aromatic rings. The Labute approximate surface area is 113 Å². The van der Waals surface area contributed by atoms with Crippen molar-refractivity contribution in [3.63, 3.8) is 0 Å². The highest BCUT2D eigenvalue weighted by Crippen LogP contribution is 2.13. The molecule has 0 radical (unpaired) electrons. The van der Waals surface area contributed by atoms with Crippen LogP contribution in [0.25, 0.3) is 0 Å². The number of nitrogens with one attached hydrogen (secondary N) is 1. The van der Waals surface area contributed by atoms with Crippen LogP contribution in [0.3, 0.4) is 0 Å². The molecule has 1 N–H and O–H groups in total. The fourth-order valence-corrected chi connectivity index (χ4v) is 2.00. The number of anilines is 1. The molecule has 0 atom stereocenters. The molecule has 0 saturated carbocycles. The summed E-state index contributed by atoms with van der Waals surface area (Å²) in [6.07, 6.45) is 2.05. The lowest BCUT2D eigenvalue weighted by Crippen LogP contribution is -2.10. The summed E-state index contributed by atoms with van der Waals surface area (Å²) >= 11 is 0. The minimum absolute atomic E-state index is 0.207. The molecule has 4 heteroatoms. The molecule has 0 spiro atoms. The summed E-state index contributed by atoms with van der Waals surface area (Å²) in [6.45, 7) is 7.93. The van der Waals surface area contributed by atoms with Crippen LogP contribution in [0.5, 0.6) is 0 Å². The van der Waals surface area contributed by atoms with Crippen LogP contribution < -0.4 is 5.32 Å². The molecule has 0 aliphatic rings. The van der Waals surface area contributed by atoms with Crippen molar-refractivity contribution in [2.24, 2.45) is 5.92 Å². The van der Waals surface area contributed by atoms with Crippen molar-refractivity contribution in [1.29, 1.82) is 0 Å². The normalized spacial score (nSPS) is 11.0. The molecule has 1 heterocycles. The molecule has 0 fully saturated rings. The quantitative estimate of drug-likeness (QED) is 0.891. The van der Waals surface area contributed by atoms with Crippen molar-refractivity contribution in [2.75, 3.05) is 5.32 Å². The Morgan fingerprint density at radius 3 is 2.58 bits per heavy atom. The third-order valence-corrected chi connectivity index (χ3v) is 2.82. The van der Waals surface area contributed by atoms with Crippen molar-refractivity contribution in [3.05, 3.63) is 47.5 Å². The van der Waals surface area contributed by atoms with Crippen LogP contribution in [0.1, 0.15) is 25.1 Å². The van der Waals surface area contributed by atoms with Crippen molar-refractivity contribution in [3.8, 4) is 0 Å². The highest BCUT2D eigenvalue weighted by atomic mass is 19.1. The zero-order chi connectivity index (χ0) is 13.8. The first-order chi connectivity index (χ1) is 9.04. The Bertz CT molecular complexity index is 529. The second-order valence-corrected chi connectivity index (χ2v) is 5.23. The van der Waals surface area contributed by atoms with Gasteiger partial charge in [-0.2, -0.15) is 0 Å². The lowest BCUT2D eigenvalue weighted by Gasteiger charge is -2.11. The average Bonchev–Trinajstić information content (AvgIpc) is 2.68. The number of aromatic nitrogens is 2. The van der Waals surface area contributed by atoms with Gasteiger partial charge in [0, 0.05) is 19.3 Å². The Morgan fingerprint density at radius 1 is 1.26 bits per heavy atom. The number of aryl methyl sites for hydroxylation is 1. The van der Waals surface area contributed by atoms with E-state index in [1.807, 2.05) is 13.1 Å². The molecular formula is C15H20FN3. The smallest absolute Gasteiger partial charge is 0.203 e. The maximum Gasteiger partial charge on any atom is 0.203 e. The van der Waals surface area contributed by atoms with Gasteiger partial charge in [-0.25, -0.2) is 9.37 Å². The summed E-state index contributed by atoms with van der Waals surface area (Å²) in [5.74, 6) is 1.23. The van der Waals surface area contributed by atoms with Crippen molar-refractivity contribution < 1.29 is 4.39 Å². The first kappa shape index (κ1) is 13.6. The number of halogens is 1. The van der Waals surface area contributed by atoms with Gasteiger partial charge in [-0.05, 0) is 30.5 Å². The summed E-state index contributed by atoms with van der Waals surface area (Å²) < 4.78 is 15.0. The molecule has 19 heavy (non-hydrogen) atoms. The van der Waals surface area contributed by atoms with E-state index in [0.29, 0.717) is 12.5 Å². The van der Waals surface area contributed by atoms with Gasteiger partial charge in [0.1, 0.15) is 5.82 Å². The van der Waals surface area contributed by atoms with E-state index in [4.69, 9.17) is 0 Å². The van der Waals surface area contributed by atoms with Crippen LogP contribution in [0, 0.1) is 18.7 Å². The van der Waals surface area contributed by atoms with E-state index < -0.39 is 0 Å². The molecule has 3 nitrogen and oxygen atoms in total. The summed E-state index contributed by atoms with van der Waals surface area (Å²) in [6, 6.07) is 6.52. The zero-order valence-electron chi connectivity index (χ0n) is 11.7. The standard InChI is InChI=1S/C15H20FN3/c1-11(2)9-19-10-12(3)18-15(19)17-8-13-4-6-14(16)7-5-13/h4-7,10-11H,8-9H2,1-3H3,(H,17,18). The lowest BCUT2D eigenvalue weighted by molar-refractivity contribution is 0.526. The first-order valence-corrected chi connectivity index (χ1v) is 6.56. The van der Waals surface area contributed by atoms with Crippen molar-refractivity contribution >= 4 is 5.95 Å². The van der Waals surface area contributed by atoms with Crippen molar-refractivity contribution in [1.82, 2.24) is 9.55 Å². The van der Waals surface area contributed by atoms with Gasteiger partial charge in [-0.1, -0.05) is 26.0 Å². The van der Waals surface area contributed by atoms with Crippen LogP contribution >= 0.6 is 0 Å². The van der Waals surface area contributed by atoms with Crippen LogP contribution in [0.2, 0.25) is 0 Å². The van der Waals surface area contributed by atoms with Gasteiger partial charge >= 0.3 is 0 Å². The summed E-state index contributed by atoms with van der Waals surface area (Å²) in [5, 5.41) is 3.30. The van der Waals surface area contributed by atoms with E-state index >= 15 is 0 Å². The van der Waals surface area contributed by atoms with E-state index in [-0.39, 0.29) is 5.82 Å². The number of nitrogens with zero attached hydrogens (tertiary/aromatic N) is 2. The first-order valence-electron chi connectivity index (χ1n) is 6.56. The Kier molecular flexibility index (Phi) is 4.20. The molecule has 0 bridgehead atoms. The number of imidazole rings is 1. The van der Waals surface area contributed by atoms with Gasteiger partial charge in [0.05, 0.1) is 5.69 Å². The number of rotatable bonds is 5. The monoisotopic (exact) mass is 261 g/mol. The highest BCUT2D eigenvalue weighted by molar-refractivity contribution is 5.31. The van der Waals surface area contributed by atoms with E-state index in [1.54, 1.807) is 12.1 Å². The third kappa shape index (κ3) is 3.81. The van der Waals surface area contributed by atoms with Gasteiger partial charge < -0.3 is 9.88 Å². The molecule has 0 saturated heterocycles. The fourth-order valence-electron chi connectivity index (χ4n) is 2.00. The van der Waals surface area contributed by atoms with Gasteiger partial charge in [0.2, 0.25) is 5.95 Å². The molecule has 1 aromatic heterocycles. The number of hydrogen-bond acceptors (Lipinski definition) is 2. The summed E-state index contributed by atoms with van der Waals surface area (Å²) in [4.78, 5) is 4.47. The predicted octanol–water partition coefficient (Wildman–Crippen LogP) is 3.60. The van der Waals surface area contributed by atoms with E-state index in [2.05, 4.69) is 28.7 Å². The fraction of sp³-hybridized carbons (Fsp3) is 0.400. The Balaban J connectivity index is 2.04. The lowest BCUT2D eigenvalue weighted by atomic mass is 10.2. The van der Waals surface area contributed by atoms with Gasteiger partial charge in [-0.3, -0.25) is 0 Å². The Hall–Kier alpha value is -1.84. The van der Waals surface area contributed by atoms with E-state index in [9.17, 15) is 4.39 Å². The largest absolute Gasteiger partial charge is 0.352 e. The Morgan fingerprint density at radius 2 is 1.95 bits per heavy atom. The van der Waals surface area contributed by atoms with Gasteiger partial charge in [-0.15, -0.1) is 0 Å². The summed E-state index contributed by atoms with van der Waals surface area (Å²) in [5.41, 5.74) is 2.04. The van der Waals surface area contributed by atoms with Crippen LogP contribution in [0.4, 0.5) is 10.3 Å². The number of hydrogen-bond donors (Lipinski definition) is 1. The van der Waals surface area contributed by atoms with Gasteiger partial charge in [0.25, 0.3) is 0 Å². The molecule has 102 valence electrons. The van der Waals surface area contributed by atoms with Crippen LogP contribution in [0.15, 0.2) is 30.5 Å². The number of benzene rings is 1. The molecule has 0 amide bonds. The average molecular weight is 261 g/mol. The second-order valence-electron chi connectivity index (χ2n) is 5.23. The zero-order valence-corrected chi connectivity index (χ0v) is 11.7. The SMILES string of the molecule is Cc1cn(CC(C)C)c(NCc2ccc(F)cc2)n1. The third-order valence-electron chi connectivity index (χ3n) is 2.82. The molecular weight excluding hydrogens is 241 g/mol. The van der Waals surface area contributed by atoms with Crippen LogP contribution in [-0.4, -0.2) is 9.55 Å². The van der Waals surface area contributed by atoms with E-state index in [0.717, 1.165) is 23.8 Å². The minimum Gasteiger partial charge on any atom is -0.352 e. The molecule has 0 unspecified atom stereocenters. The predicted molar refractivity (Wildman–Crippen MR) is 75.5 cm³/mol. The molecule has 1 aromatic carbocycles. The molecule has 2 rings (SSSR count). The van der Waals surface area contributed by atoms with Crippen molar-refractivity contribution in [2.45, 2.75) is 33.9 Å². The molecule has 0 aliphatic heterocycles. The highest BCUT2D eigenvalue weighted by Gasteiger charge is 2.06. The molecule has 0 aliphatic carbocycles. The topological polar surface area (TPSA) is 29.9 Å².